The van der Waals surface area contributed by atoms with Crippen molar-refractivity contribution in [3.63, 3.8) is 0 Å². The highest BCUT2D eigenvalue weighted by atomic mass is 16.3. The minimum absolute atomic E-state index is 0.382. The van der Waals surface area contributed by atoms with E-state index in [1.807, 2.05) is 19.1 Å². The fraction of sp³-hybridized carbons (Fsp3) is 0.625. The molecular weight excluding hydrogens is 222 g/mol. The molecule has 1 aromatic carbocycles. The average Bonchev–Trinajstić information content (AvgIpc) is 2.37. The summed E-state index contributed by atoms with van der Waals surface area (Å²) >= 11 is 0. The summed E-state index contributed by atoms with van der Waals surface area (Å²) in [6.45, 7) is 4.22. The van der Waals surface area contributed by atoms with E-state index in [0.29, 0.717) is 11.8 Å². The van der Waals surface area contributed by atoms with Gasteiger partial charge in [-0.3, -0.25) is 0 Å². The fourth-order valence-corrected chi connectivity index (χ4v) is 2.98. The number of anilines is 1. The molecular formula is C16H25NO. The number of aromatic hydroxyl groups is 1. The second-order valence-electron chi connectivity index (χ2n) is 5.65. The summed E-state index contributed by atoms with van der Waals surface area (Å²) in [6.07, 6.45) is 8.01. The van der Waals surface area contributed by atoms with Gasteiger partial charge in [0.05, 0.1) is 0 Å². The van der Waals surface area contributed by atoms with Crippen LogP contribution in [-0.4, -0.2) is 11.1 Å². The van der Waals surface area contributed by atoms with Gasteiger partial charge >= 0.3 is 0 Å². The minimum atomic E-state index is 0.382. The van der Waals surface area contributed by atoms with E-state index in [1.54, 1.807) is 6.07 Å². The molecule has 100 valence electrons. The Labute approximate surface area is 110 Å². The van der Waals surface area contributed by atoms with Crippen molar-refractivity contribution in [2.45, 2.75) is 58.4 Å². The van der Waals surface area contributed by atoms with Gasteiger partial charge in [0.2, 0.25) is 0 Å². The summed E-state index contributed by atoms with van der Waals surface area (Å²) in [5, 5.41) is 13.1. The number of hydrogen-bond acceptors (Lipinski definition) is 2. The molecule has 0 unspecified atom stereocenters. The predicted molar refractivity (Wildman–Crippen MR) is 77.1 cm³/mol. The summed E-state index contributed by atoms with van der Waals surface area (Å²) in [5.41, 5.74) is 2.09. The van der Waals surface area contributed by atoms with Crippen LogP contribution in [0.25, 0.3) is 0 Å². The van der Waals surface area contributed by atoms with Gasteiger partial charge in [-0.05, 0) is 62.3 Å². The Hall–Kier alpha value is -1.18. The molecule has 0 spiro atoms. The number of phenolic OH excluding ortho intramolecular Hbond substituents is 1. The molecule has 1 saturated carbocycles. The summed E-state index contributed by atoms with van der Waals surface area (Å²) in [5.74, 6) is 1.34. The molecule has 2 N–H and O–H groups in total. The van der Waals surface area contributed by atoms with Crippen molar-refractivity contribution >= 4 is 5.69 Å². The third-order valence-electron chi connectivity index (χ3n) is 4.11. The molecule has 0 aliphatic heterocycles. The Morgan fingerprint density at radius 2 is 1.94 bits per heavy atom. The molecule has 2 rings (SSSR count). The lowest BCUT2D eigenvalue weighted by molar-refractivity contribution is 0.319. The van der Waals surface area contributed by atoms with Crippen molar-refractivity contribution in [1.29, 1.82) is 0 Å². The molecule has 1 aliphatic carbocycles. The highest BCUT2D eigenvalue weighted by Gasteiger charge is 2.20. The van der Waals surface area contributed by atoms with Crippen LogP contribution in [0.4, 0.5) is 5.69 Å². The summed E-state index contributed by atoms with van der Waals surface area (Å²) in [4.78, 5) is 0. The zero-order chi connectivity index (χ0) is 13.0. The minimum Gasteiger partial charge on any atom is -0.508 e. The Morgan fingerprint density at radius 1 is 1.22 bits per heavy atom. The number of hydrogen-bond donors (Lipinski definition) is 2. The highest BCUT2D eigenvalue weighted by molar-refractivity contribution is 5.50. The van der Waals surface area contributed by atoms with Crippen LogP contribution >= 0.6 is 0 Å². The maximum absolute atomic E-state index is 9.52. The summed E-state index contributed by atoms with van der Waals surface area (Å²) in [6, 6.07) is 6.40. The standard InChI is InChI=1S/C16H25NO/c1-3-4-13-5-7-14(8-6-13)17-15-9-10-16(18)12(2)11-15/h9-11,13-14,17-18H,3-8H2,1-2H3. The predicted octanol–water partition coefficient (Wildman–Crippen LogP) is 4.47. The first-order chi connectivity index (χ1) is 8.69. The van der Waals surface area contributed by atoms with E-state index in [4.69, 9.17) is 0 Å². The molecule has 2 heteroatoms. The molecule has 0 heterocycles. The van der Waals surface area contributed by atoms with Gasteiger partial charge in [-0.15, -0.1) is 0 Å². The first kappa shape index (κ1) is 13.3. The summed E-state index contributed by atoms with van der Waals surface area (Å²) < 4.78 is 0. The second-order valence-corrected chi connectivity index (χ2v) is 5.65. The van der Waals surface area contributed by atoms with Gasteiger partial charge in [-0.1, -0.05) is 19.8 Å². The van der Waals surface area contributed by atoms with E-state index < -0.39 is 0 Å². The van der Waals surface area contributed by atoms with Crippen molar-refractivity contribution in [3.8, 4) is 5.75 Å². The molecule has 0 atom stereocenters. The largest absolute Gasteiger partial charge is 0.508 e. The van der Waals surface area contributed by atoms with Crippen molar-refractivity contribution < 1.29 is 5.11 Å². The van der Waals surface area contributed by atoms with E-state index in [1.165, 1.54) is 38.5 Å². The van der Waals surface area contributed by atoms with Gasteiger partial charge in [0.1, 0.15) is 5.75 Å². The average molecular weight is 247 g/mol. The van der Waals surface area contributed by atoms with E-state index in [9.17, 15) is 5.11 Å². The molecule has 1 fully saturated rings. The molecule has 0 amide bonds. The molecule has 2 nitrogen and oxygen atoms in total. The van der Waals surface area contributed by atoms with Crippen LogP contribution in [0.15, 0.2) is 18.2 Å². The zero-order valence-corrected chi connectivity index (χ0v) is 11.6. The maximum Gasteiger partial charge on any atom is 0.118 e. The Morgan fingerprint density at radius 3 is 2.56 bits per heavy atom. The van der Waals surface area contributed by atoms with Gasteiger partial charge in [-0.2, -0.15) is 0 Å². The third kappa shape index (κ3) is 3.41. The first-order valence-corrected chi connectivity index (χ1v) is 7.25. The summed E-state index contributed by atoms with van der Waals surface area (Å²) in [7, 11) is 0. The van der Waals surface area contributed by atoms with Crippen LogP contribution in [0, 0.1) is 12.8 Å². The van der Waals surface area contributed by atoms with Crippen LogP contribution in [0.1, 0.15) is 51.0 Å². The molecule has 18 heavy (non-hydrogen) atoms. The molecule has 0 saturated heterocycles. The van der Waals surface area contributed by atoms with Crippen LogP contribution in [0.5, 0.6) is 5.75 Å². The van der Waals surface area contributed by atoms with Gasteiger partial charge in [0, 0.05) is 11.7 Å². The SMILES string of the molecule is CCCC1CCC(Nc2ccc(O)c(C)c2)CC1. The van der Waals surface area contributed by atoms with Gasteiger partial charge in [-0.25, -0.2) is 0 Å². The van der Waals surface area contributed by atoms with Crippen LogP contribution in [-0.2, 0) is 0 Å². The smallest absolute Gasteiger partial charge is 0.118 e. The lowest BCUT2D eigenvalue weighted by Gasteiger charge is -2.29. The van der Waals surface area contributed by atoms with Gasteiger partial charge < -0.3 is 10.4 Å². The van der Waals surface area contributed by atoms with Gasteiger partial charge in [0.15, 0.2) is 0 Å². The monoisotopic (exact) mass is 247 g/mol. The third-order valence-corrected chi connectivity index (χ3v) is 4.11. The highest BCUT2D eigenvalue weighted by Crippen LogP contribution is 2.30. The van der Waals surface area contributed by atoms with Crippen molar-refractivity contribution in [3.05, 3.63) is 23.8 Å². The molecule has 0 aromatic heterocycles. The molecule has 0 radical (unpaired) electrons. The lowest BCUT2D eigenvalue weighted by Crippen LogP contribution is -2.26. The van der Waals surface area contributed by atoms with Crippen LogP contribution < -0.4 is 5.32 Å². The number of benzene rings is 1. The van der Waals surface area contributed by atoms with Crippen molar-refractivity contribution in [2.24, 2.45) is 5.92 Å². The second kappa shape index (κ2) is 6.12. The molecule has 1 aromatic rings. The quantitative estimate of drug-likeness (QED) is 0.769. The number of rotatable bonds is 4. The Bertz CT molecular complexity index is 381. The first-order valence-electron chi connectivity index (χ1n) is 7.25. The number of aryl methyl sites for hydroxylation is 1. The van der Waals surface area contributed by atoms with Crippen molar-refractivity contribution in [1.82, 2.24) is 0 Å². The normalized spacial score (nSPS) is 23.9. The van der Waals surface area contributed by atoms with E-state index in [2.05, 4.69) is 12.2 Å². The van der Waals surface area contributed by atoms with E-state index in [0.717, 1.165) is 17.2 Å². The van der Waals surface area contributed by atoms with Crippen molar-refractivity contribution in [2.75, 3.05) is 5.32 Å². The van der Waals surface area contributed by atoms with E-state index >= 15 is 0 Å². The van der Waals surface area contributed by atoms with Crippen LogP contribution in [0.3, 0.4) is 0 Å². The zero-order valence-electron chi connectivity index (χ0n) is 11.6. The lowest BCUT2D eigenvalue weighted by atomic mass is 9.83. The Balaban J connectivity index is 1.85. The Kier molecular flexibility index (Phi) is 4.51. The number of nitrogens with one attached hydrogen (secondary N) is 1. The van der Waals surface area contributed by atoms with Crippen LogP contribution in [0.2, 0.25) is 0 Å². The molecule has 0 bridgehead atoms. The fourth-order valence-electron chi connectivity index (χ4n) is 2.98. The topological polar surface area (TPSA) is 32.3 Å². The number of phenols is 1. The van der Waals surface area contributed by atoms with E-state index in [-0.39, 0.29) is 0 Å². The molecule has 1 aliphatic rings. The maximum atomic E-state index is 9.52. The van der Waals surface area contributed by atoms with Gasteiger partial charge in [0.25, 0.3) is 0 Å².